The maximum Gasteiger partial charge on any atom is 0.323 e. The first-order chi connectivity index (χ1) is 8.44. The lowest BCUT2D eigenvalue weighted by Gasteiger charge is -2.27. The fraction of sp³-hybridized carbons (Fsp3) is 0.727. The fourth-order valence-corrected chi connectivity index (χ4v) is 1.59. The number of nitrogen functional groups attached to an aromatic ring is 1. The Morgan fingerprint density at radius 2 is 1.83 bits per heavy atom. The molecule has 0 radical (unpaired) electrons. The van der Waals surface area contributed by atoms with E-state index >= 15 is 0 Å². The van der Waals surface area contributed by atoms with Gasteiger partial charge in [-0.05, 0) is 20.8 Å². The summed E-state index contributed by atoms with van der Waals surface area (Å²) in [6.45, 7) is 8.63. The third kappa shape index (κ3) is 3.43. The summed E-state index contributed by atoms with van der Waals surface area (Å²) in [6.07, 6.45) is 0. The highest BCUT2D eigenvalue weighted by Gasteiger charge is 2.19. The van der Waals surface area contributed by atoms with E-state index in [0.29, 0.717) is 19.2 Å². The summed E-state index contributed by atoms with van der Waals surface area (Å²) in [6, 6.07) is 0.261. The number of aromatic nitrogens is 3. The van der Waals surface area contributed by atoms with Gasteiger partial charge in [-0.2, -0.15) is 15.0 Å². The van der Waals surface area contributed by atoms with Crippen LogP contribution in [0.15, 0.2) is 0 Å². The van der Waals surface area contributed by atoms with Crippen LogP contribution in [0.1, 0.15) is 20.8 Å². The molecule has 0 atom stereocenters. The number of ether oxygens (including phenoxy) is 2. The summed E-state index contributed by atoms with van der Waals surface area (Å²) in [4.78, 5) is 14.4. The van der Waals surface area contributed by atoms with Crippen LogP contribution in [0.25, 0.3) is 0 Å². The van der Waals surface area contributed by atoms with E-state index < -0.39 is 0 Å². The molecule has 2 heterocycles. The highest BCUT2D eigenvalue weighted by atomic mass is 16.5. The van der Waals surface area contributed by atoms with E-state index in [-0.39, 0.29) is 17.6 Å². The Morgan fingerprint density at radius 1 is 1.17 bits per heavy atom. The normalized spacial score (nSPS) is 16.7. The average Bonchev–Trinajstić information content (AvgIpc) is 2.27. The lowest BCUT2D eigenvalue weighted by Crippen LogP contribution is -2.37. The van der Waals surface area contributed by atoms with Crippen molar-refractivity contribution >= 4 is 11.9 Å². The van der Waals surface area contributed by atoms with Crippen molar-refractivity contribution in [2.24, 2.45) is 0 Å². The summed E-state index contributed by atoms with van der Waals surface area (Å²) >= 11 is 0. The Bertz CT molecular complexity index is 412. The van der Waals surface area contributed by atoms with Gasteiger partial charge in [-0.1, -0.05) is 0 Å². The molecular formula is C11H19N5O2. The lowest BCUT2D eigenvalue weighted by molar-refractivity contribution is 0.114. The molecule has 0 amide bonds. The van der Waals surface area contributed by atoms with Crippen molar-refractivity contribution in [2.45, 2.75) is 26.4 Å². The lowest BCUT2D eigenvalue weighted by atomic mass is 10.2. The number of anilines is 2. The molecule has 1 aromatic rings. The third-order valence-corrected chi connectivity index (χ3v) is 2.31. The van der Waals surface area contributed by atoms with Crippen LogP contribution in [0.4, 0.5) is 11.9 Å². The second-order valence-corrected chi connectivity index (χ2v) is 5.09. The molecule has 0 aliphatic carbocycles. The molecule has 0 saturated carbocycles. The standard InChI is InChI=1S/C11H19N5O2/c1-11(2,3)18-10-14-8(12)13-9(15-10)16-4-6-17-7-5-16/h4-7H2,1-3H3,(H2,12,13,14,15). The van der Waals surface area contributed by atoms with Gasteiger partial charge in [0.25, 0.3) is 0 Å². The molecule has 2 N–H and O–H groups in total. The summed E-state index contributed by atoms with van der Waals surface area (Å²) in [5.41, 5.74) is 5.32. The van der Waals surface area contributed by atoms with E-state index in [1.807, 2.05) is 25.7 Å². The predicted molar refractivity (Wildman–Crippen MR) is 67.7 cm³/mol. The molecule has 0 spiro atoms. The van der Waals surface area contributed by atoms with Crippen LogP contribution < -0.4 is 15.4 Å². The Labute approximate surface area is 106 Å². The van der Waals surface area contributed by atoms with Crippen LogP contribution >= 0.6 is 0 Å². The molecule has 18 heavy (non-hydrogen) atoms. The number of nitrogens with zero attached hydrogens (tertiary/aromatic N) is 4. The number of morpholine rings is 1. The second-order valence-electron chi connectivity index (χ2n) is 5.09. The van der Waals surface area contributed by atoms with Gasteiger partial charge in [0.1, 0.15) is 5.60 Å². The van der Waals surface area contributed by atoms with E-state index in [2.05, 4.69) is 15.0 Å². The Balaban J connectivity index is 2.20. The van der Waals surface area contributed by atoms with Gasteiger partial charge < -0.3 is 20.1 Å². The van der Waals surface area contributed by atoms with Crippen LogP contribution in [0.5, 0.6) is 6.01 Å². The van der Waals surface area contributed by atoms with E-state index in [0.717, 1.165) is 13.1 Å². The molecule has 0 unspecified atom stereocenters. The minimum Gasteiger partial charge on any atom is -0.458 e. The molecule has 1 saturated heterocycles. The summed E-state index contributed by atoms with van der Waals surface area (Å²) in [5, 5.41) is 0. The van der Waals surface area contributed by atoms with Crippen molar-refractivity contribution in [3.63, 3.8) is 0 Å². The first-order valence-electron chi connectivity index (χ1n) is 5.97. The van der Waals surface area contributed by atoms with Gasteiger partial charge in [0, 0.05) is 13.1 Å². The maximum absolute atomic E-state index is 5.68. The molecule has 1 aliphatic rings. The van der Waals surface area contributed by atoms with Crippen LogP contribution in [0.3, 0.4) is 0 Å². The van der Waals surface area contributed by atoms with E-state index in [9.17, 15) is 0 Å². The minimum absolute atomic E-state index is 0.172. The molecule has 1 aliphatic heterocycles. The van der Waals surface area contributed by atoms with E-state index in [1.54, 1.807) is 0 Å². The Hall–Kier alpha value is -1.63. The van der Waals surface area contributed by atoms with Crippen LogP contribution in [-0.4, -0.2) is 46.9 Å². The van der Waals surface area contributed by atoms with Gasteiger partial charge in [-0.15, -0.1) is 0 Å². The van der Waals surface area contributed by atoms with E-state index in [1.165, 1.54) is 0 Å². The quantitative estimate of drug-likeness (QED) is 0.819. The van der Waals surface area contributed by atoms with Crippen LogP contribution in [0, 0.1) is 0 Å². The van der Waals surface area contributed by atoms with Gasteiger partial charge in [0.15, 0.2) is 0 Å². The SMILES string of the molecule is CC(C)(C)Oc1nc(N)nc(N2CCOCC2)n1. The molecule has 0 bridgehead atoms. The number of nitrogens with two attached hydrogens (primary N) is 1. The summed E-state index contributed by atoms with van der Waals surface area (Å²) in [7, 11) is 0. The first-order valence-corrected chi connectivity index (χ1v) is 5.97. The number of hydrogen-bond acceptors (Lipinski definition) is 7. The predicted octanol–water partition coefficient (Wildman–Crippen LogP) is 0.468. The summed E-state index contributed by atoms with van der Waals surface area (Å²) < 4.78 is 10.9. The van der Waals surface area contributed by atoms with Crippen LogP contribution in [0.2, 0.25) is 0 Å². The van der Waals surface area contributed by atoms with E-state index in [4.69, 9.17) is 15.2 Å². The fourth-order valence-electron chi connectivity index (χ4n) is 1.59. The third-order valence-electron chi connectivity index (χ3n) is 2.31. The van der Waals surface area contributed by atoms with Gasteiger partial charge in [0.05, 0.1) is 13.2 Å². The highest BCUT2D eigenvalue weighted by molar-refractivity contribution is 5.36. The molecule has 0 aromatic carbocycles. The Kier molecular flexibility index (Phi) is 3.51. The molecule has 7 heteroatoms. The zero-order chi connectivity index (χ0) is 13.2. The number of rotatable bonds is 2. The molecule has 1 aromatic heterocycles. The monoisotopic (exact) mass is 253 g/mol. The topological polar surface area (TPSA) is 86.4 Å². The van der Waals surface area contributed by atoms with Crippen molar-refractivity contribution in [3.05, 3.63) is 0 Å². The summed E-state index contributed by atoms with van der Waals surface area (Å²) in [5.74, 6) is 0.718. The molecule has 100 valence electrons. The first kappa shape index (κ1) is 12.8. The van der Waals surface area contributed by atoms with Crippen LogP contribution in [-0.2, 0) is 4.74 Å². The van der Waals surface area contributed by atoms with Crippen molar-refractivity contribution in [2.75, 3.05) is 36.9 Å². The maximum atomic E-state index is 5.68. The molecule has 1 fully saturated rings. The number of hydrogen-bond donors (Lipinski definition) is 1. The molecule has 2 rings (SSSR count). The zero-order valence-electron chi connectivity index (χ0n) is 11.0. The Morgan fingerprint density at radius 3 is 2.44 bits per heavy atom. The zero-order valence-corrected chi connectivity index (χ0v) is 11.0. The van der Waals surface area contributed by atoms with Crippen molar-refractivity contribution in [1.29, 1.82) is 0 Å². The van der Waals surface area contributed by atoms with Gasteiger partial charge in [-0.3, -0.25) is 0 Å². The molecule has 7 nitrogen and oxygen atoms in total. The van der Waals surface area contributed by atoms with Gasteiger partial charge in [0.2, 0.25) is 11.9 Å². The average molecular weight is 253 g/mol. The smallest absolute Gasteiger partial charge is 0.323 e. The van der Waals surface area contributed by atoms with Crippen molar-refractivity contribution < 1.29 is 9.47 Å². The highest BCUT2D eigenvalue weighted by Crippen LogP contribution is 2.18. The minimum atomic E-state index is -0.365. The van der Waals surface area contributed by atoms with Crippen molar-refractivity contribution in [3.8, 4) is 6.01 Å². The second kappa shape index (κ2) is 4.93. The van der Waals surface area contributed by atoms with Crippen molar-refractivity contribution in [1.82, 2.24) is 15.0 Å². The largest absolute Gasteiger partial charge is 0.458 e. The van der Waals surface area contributed by atoms with Gasteiger partial charge >= 0.3 is 6.01 Å². The van der Waals surface area contributed by atoms with Gasteiger partial charge in [-0.25, -0.2) is 0 Å². The molecular weight excluding hydrogens is 234 g/mol.